The van der Waals surface area contributed by atoms with Crippen molar-refractivity contribution in [2.45, 2.75) is 26.7 Å². The minimum atomic E-state index is 0.672. The fourth-order valence-electron chi connectivity index (χ4n) is 2.84. The first-order chi connectivity index (χ1) is 11.1. The molecule has 3 rings (SSSR count). The quantitative estimate of drug-likeness (QED) is 0.585. The van der Waals surface area contributed by atoms with E-state index in [1.54, 1.807) is 0 Å². The van der Waals surface area contributed by atoms with Gasteiger partial charge in [-0.2, -0.15) is 0 Å². The van der Waals surface area contributed by atoms with Gasteiger partial charge in [0.2, 0.25) is 0 Å². The first-order valence-corrected chi connectivity index (χ1v) is 8.21. The van der Waals surface area contributed by atoms with Crippen molar-refractivity contribution in [1.82, 2.24) is 4.98 Å². The zero-order valence-electron chi connectivity index (χ0n) is 13.4. The van der Waals surface area contributed by atoms with Crippen LogP contribution in [0.25, 0.3) is 22.0 Å². The van der Waals surface area contributed by atoms with Gasteiger partial charge in [0.15, 0.2) is 0 Å². The van der Waals surface area contributed by atoms with Gasteiger partial charge in [-0.25, -0.2) is 0 Å². The molecule has 0 atom stereocenters. The summed E-state index contributed by atoms with van der Waals surface area (Å²) in [7, 11) is 0. The van der Waals surface area contributed by atoms with Crippen LogP contribution in [0.3, 0.4) is 0 Å². The number of aromatic nitrogens is 1. The smallest absolute Gasteiger partial charge is 0.0712 e. The molecule has 0 radical (unpaired) electrons. The van der Waals surface area contributed by atoms with Gasteiger partial charge in [-0.05, 0) is 54.8 Å². The maximum atomic E-state index is 8.37. The van der Waals surface area contributed by atoms with E-state index in [9.17, 15) is 0 Å². The third kappa shape index (κ3) is 3.27. The average molecular weight is 323 g/mol. The summed E-state index contributed by atoms with van der Waals surface area (Å²) in [6.45, 7) is 4.08. The molecule has 0 aliphatic rings. The standard InChI is InChI=1S/C20H19ClN2/c1-3-5-19(22)17-10-13(2)23-20-9-8-15(12-18(17)20)14-6-4-7-16(21)11-14/h4,6-12,22H,3,5H2,1-2H3. The van der Waals surface area contributed by atoms with E-state index in [2.05, 4.69) is 24.0 Å². The van der Waals surface area contributed by atoms with Crippen molar-refractivity contribution in [1.29, 1.82) is 5.41 Å². The van der Waals surface area contributed by atoms with Crippen LogP contribution in [0.15, 0.2) is 48.5 Å². The molecule has 1 aromatic heterocycles. The fraction of sp³-hybridized carbons (Fsp3) is 0.200. The van der Waals surface area contributed by atoms with Crippen LogP contribution in [-0.2, 0) is 0 Å². The average Bonchev–Trinajstić information content (AvgIpc) is 2.54. The summed E-state index contributed by atoms with van der Waals surface area (Å²) < 4.78 is 0. The van der Waals surface area contributed by atoms with Gasteiger partial charge in [0.25, 0.3) is 0 Å². The van der Waals surface area contributed by atoms with Crippen molar-refractivity contribution in [3.05, 3.63) is 64.8 Å². The first kappa shape index (κ1) is 15.7. The monoisotopic (exact) mass is 322 g/mol. The van der Waals surface area contributed by atoms with Crippen molar-refractivity contribution in [3.8, 4) is 11.1 Å². The van der Waals surface area contributed by atoms with E-state index in [1.807, 2.05) is 43.3 Å². The Kier molecular flexibility index (Phi) is 4.44. The van der Waals surface area contributed by atoms with E-state index in [1.165, 1.54) is 0 Å². The summed E-state index contributed by atoms with van der Waals surface area (Å²) >= 11 is 6.11. The van der Waals surface area contributed by atoms with Crippen molar-refractivity contribution >= 4 is 28.2 Å². The number of aryl methyl sites for hydroxylation is 1. The Hall–Kier alpha value is -2.19. The topological polar surface area (TPSA) is 36.7 Å². The number of hydrogen-bond acceptors (Lipinski definition) is 2. The summed E-state index contributed by atoms with van der Waals surface area (Å²) in [5, 5.41) is 10.1. The molecule has 0 saturated carbocycles. The number of pyridine rings is 1. The molecule has 0 fully saturated rings. The van der Waals surface area contributed by atoms with Crippen LogP contribution in [-0.4, -0.2) is 10.7 Å². The van der Waals surface area contributed by atoms with Crippen LogP contribution in [0, 0.1) is 12.3 Å². The summed E-state index contributed by atoms with van der Waals surface area (Å²) in [5.41, 5.74) is 5.71. The SMILES string of the molecule is CCCC(=N)c1cc(C)nc2ccc(-c3cccc(Cl)c3)cc12. The van der Waals surface area contributed by atoms with Crippen molar-refractivity contribution in [3.63, 3.8) is 0 Å². The highest BCUT2D eigenvalue weighted by atomic mass is 35.5. The van der Waals surface area contributed by atoms with E-state index in [0.29, 0.717) is 5.71 Å². The number of fused-ring (bicyclic) bond motifs is 1. The minimum absolute atomic E-state index is 0.672. The predicted octanol–water partition coefficient (Wildman–Crippen LogP) is 6.03. The molecular formula is C20H19ClN2. The number of nitrogens with one attached hydrogen (secondary N) is 1. The second-order valence-corrected chi connectivity index (χ2v) is 6.22. The molecule has 116 valence electrons. The summed E-state index contributed by atoms with van der Waals surface area (Å²) in [4.78, 5) is 4.61. The second kappa shape index (κ2) is 6.51. The zero-order chi connectivity index (χ0) is 16.4. The molecule has 1 N–H and O–H groups in total. The first-order valence-electron chi connectivity index (χ1n) is 7.83. The molecule has 0 saturated heterocycles. The largest absolute Gasteiger partial charge is 0.305 e. The highest BCUT2D eigenvalue weighted by Gasteiger charge is 2.10. The Morgan fingerprint density at radius 1 is 1.09 bits per heavy atom. The normalized spacial score (nSPS) is 10.9. The summed E-state index contributed by atoms with van der Waals surface area (Å²) in [5.74, 6) is 0. The molecule has 2 nitrogen and oxygen atoms in total. The zero-order valence-corrected chi connectivity index (χ0v) is 14.1. The maximum Gasteiger partial charge on any atom is 0.0712 e. The van der Waals surface area contributed by atoms with Crippen molar-refractivity contribution < 1.29 is 0 Å². The third-order valence-electron chi connectivity index (χ3n) is 3.92. The molecule has 0 amide bonds. The van der Waals surface area contributed by atoms with Gasteiger partial charge in [-0.1, -0.05) is 43.1 Å². The van der Waals surface area contributed by atoms with Gasteiger partial charge < -0.3 is 5.41 Å². The Labute approximate surface area is 141 Å². The second-order valence-electron chi connectivity index (χ2n) is 5.78. The lowest BCUT2D eigenvalue weighted by atomic mass is 9.97. The Bertz CT molecular complexity index is 884. The van der Waals surface area contributed by atoms with Gasteiger partial charge in [-0.3, -0.25) is 4.98 Å². The molecule has 1 heterocycles. The van der Waals surface area contributed by atoms with E-state index in [4.69, 9.17) is 17.0 Å². The highest BCUT2D eigenvalue weighted by molar-refractivity contribution is 6.30. The highest BCUT2D eigenvalue weighted by Crippen LogP contribution is 2.28. The molecule has 23 heavy (non-hydrogen) atoms. The Morgan fingerprint density at radius 3 is 2.61 bits per heavy atom. The minimum Gasteiger partial charge on any atom is -0.305 e. The van der Waals surface area contributed by atoms with E-state index < -0.39 is 0 Å². The van der Waals surface area contributed by atoms with Crippen LogP contribution in [0.4, 0.5) is 0 Å². The van der Waals surface area contributed by atoms with E-state index >= 15 is 0 Å². The molecular weight excluding hydrogens is 304 g/mol. The Balaban J connectivity index is 2.20. The van der Waals surface area contributed by atoms with Crippen LogP contribution >= 0.6 is 11.6 Å². The van der Waals surface area contributed by atoms with Crippen LogP contribution in [0.5, 0.6) is 0 Å². The molecule has 0 spiro atoms. The molecule has 0 aliphatic heterocycles. The van der Waals surface area contributed by atoms with E-state index in [0.717, 1.165) is 51.2 Å². The molecule has 0 unspecified atom stereocenters. The van der Waals surface area contributed by atoms with Crippen LogP contribution < -0.4 is 0 Å². The fourth-order valence-corrected chi connectivity index (χ4v) is 3.03. The number of benzene rings is 2. The third-order valence-corrected chi connectivity index (χ3v) is 4.15. The summed E-state index contributed by atoms with van der Waals surface area (Å²) in [6, 6.07) is 16.1. The van der Waals surface area contributed by atoms with E-state index in [-0.39, 0.29) is 0 Å². The van der Waals surface area contributed by atoms with Crippen LogP contribution in [0.1, 0.15) is 31.0 Å². The number of hydrogen-bond donors (Lipinski definition) is 1. The Morgan fingerprint density at radius 2 is 1.87 bits per heavy atom. The lowest BCUT2D eigenvalue weighted by Gasteiger charge is -2.11. The van der Waals surface area contributed by atoms with Crippen molar-refractivity contribution in [2.75, 3.05) is 0 Å². The van der Waals surface area contributed by atoms with Gasteiger partial charge in [-0.15, -0.1) is 0 Å². The van der Waals surface area contributed by atoms with Gasteiger partial charge >= 0.3 is 0 Å². The predicted molar refractivity (Wildman–Crippen MR) is 98.7 cm³/mol. The lowest BCUT2D eigenvalue weighted by molar-refractivity contribution is 0.986. The molecule has 2 aromatic carbocycles. The lowest BCUT2D eigenvalue weighted by Crippen LogP contribution is -2.02. The maximum absolute atomic E-state index is 8.37. The van der Waals surface area contributed by atoms with Gasteiger partial charge in [0.1, 0.15) is 0 Å². The molecule has 0 bridgehead atoms. The summed E-state index contributed by atoms with van der Waals surface area (Å²) in [6.07, 6.45) is 1.75. The van der Waals surface area contributed by atoms with Crippen molar-refractivity contribution in [2.24, 2.45) is 0 Å². The van der Waals surface area contributed by atoms with Gasteiger partial charge in [0.05, 0.1) is 5.52 Å². The number of halogens is 1. The molecule has 3 heteroatoms. The van der Waals surface area contributed by atoms with Crippen LogP contribution in [0.2, 0.25) is 5.02 Å². The molecule has 3 aromatic rings. The van der Waals surface area contributed by atoms with Gasteiger partial charge in [0, 0.05) is 27.4 Å². The molecule has 0 aliphatic carbocycles. The number of nitrogens with zero attached hydrogens (tertiary/aromatic N) is 1. The number of rotatable bonds is 4.